The van der Waals surface area contributed by atoms with Crippen molar-refractivity contribution in [1.29, 1.82) is 0 Å². The van der Waals surface area contributed by atoms with Crippen molar-refractivity contribution in [2.24, 2.45) is 11.8 Å². The first-order chi connectivity index (χ1) is 12.5. The van der Waals surface area contributed by atoms with E-state index in [4.69, 9.17) is 9.47 Å². The summed E-state index contributed by atoms with van der Waals surface area (Å²) in [6.07, 6.45) is 1.89. The van der Waals surface area contributed by atoms with Crippen LogP contribution >= 0.6 is 0 Å². The lowest BCUT2D eigenvalue weighted by Gasteiger charge is -2.43. The van der Waals surface area contributed by atoms with Gasteiger partial charge in [-0.25, -0.2) is 0 Å². The summed E-state index contributed by atoms with van der Waals surface area (Å²) in [6.45, 7) is 8.19. The third kappa shape index (κ3) is 4.71. The lowest BCUT2D eigenvalue weighted by molar-refractivity contribution is -0.176. The maximum atomic E-state index is 12.8. The maximum absolute atomic E-state index is 12.8. The van der Waals surface area contributed by atoms with E-state index in [0.717, 1.165) is 0 Å². The number of Topliss-reactive ketones (excluding diaryl/α,β-unsaturated/α-hetero) is 1. The highest BCUT2D eigenvalue weighted by molar-refractivity contribution is 6.02. The molecular formula is C20H27NO6. The van der Waals surface area contributed by atoms with Gasteiger partial charge in [0, 0.05) is 24.7 Å². The van der Waals surface area contributed by atoms with Crippen molar-refractivity contribution in [2.45, 2.75) is 64.8 Å². The van der Waals surface area contributed by atoms with Crippen LogP contribution in [0.25, 0.3) is 0 Å². The normalized spacial score (nSPS) is 28.3. The Balaban J connectivity index is 2.57. The molecule has 1 aromatic rings. The predicted molar refractivity (Wildman–Crippen MR) is 96.7 cm³/mol. The van der Waals surface area contributed by atoms with Gasteiger partial charge in [-0.3, -0.25) is 19.4 Å². The molecule has 1 heterocycles. The monoisotopic (exact) mass is 377 g/mol. The van der Waals surface area contributed by atoms with Crippen LogP contribution in [0.3, 0.4) is 0 Å². The van der Waals surface area contributed by atoms with Crippen molar-refractivity contribution in [3.63, 3.8) is 0 Å². The molecule has 7 heteroatoms. The summed E-state index contributed by atoms with van der Waals surface area (Å²) in [5.41, 5.74) is -1.15. The van der Waals surface area contributed by atoms with E-state index in [-0.39, 0.29) is 6.42 Å². The number of aliphatic hydroxyl groups is 1. The van der Waals surface area contributed by atoms with Gasteiger partial charge in [0.15, 0.2) is 5.78 Å². The van der Waals surface area contributed by atoms with Crippen LogP contribution in [0.2, 0.25) is 0 Å². The van der Waals surface area contributed by atoms with Crippen LogP contribution in [-0.4, -0.2) is 45.6 Å². The summed E-state index contributed by atoms with van der Waals surface area (Å²) < 4.78 is 10.6. The molecule has 1 aliphatic rings. The van der Waals surface area contributed by atoms with Crippen molar-refractivity contribution in [3.05, 3.63) is 30.1 Å². The highest BCUT2D eigenvalue weighted by atomic mass is 16.5. The molecule has 27 heavy (non-hydrogen) atoms. The Kier molecular flexibility index (Phi) is 6.36. The van der Waals surface area contributed by atoms with Crippen molar-refractivity contribution in [2.75, 3.05) is 0 Å². The van der Waals surface area contributed by atoms with Gasteiger partial charge >= 0.3 is 11.9 Å². The van der Waals surface area contributed by atoms with E-state index in [0.29, 0.717) is 5.56 Å². The van der Waals surface area contributed by atoms with Crippen LogP contribution in [-0.2, 0) is 23.9 Å². The van der Waals surface area contributed by atoms with Gasteiger partial charge in [0.2, 0.25) is 0 Å². The molecule has 1 aromatic heterocycles. The lowest BCUT2D eigenvalue weighted by Crippen LogP contribution is -2.55. The molecule has 2 rings (SSSR count). The van der Waals surface area contributed by atoms with Gasteiger partial charge in [0.1, 0.15) is 5.92 Å². The van der Waals surface area contributed by atoms with Crippen molar-refractivity contribution < 1.29 is 29.0 Å². The molecule has 0 aromatic carbocycles. The van der Waals surface area contributed by atoms with Crippen LogP contribution in [0.4, 0.5) is 0 Å². The molecule has 0 aliphatic heterocycles. The second kappa shape index (κ2) is 8.17. The van der Waals surface area contributed by atoms with Gasteiger partial charge in [0.05, 0.1) is 23.7 Å². The van der Waals surface area contributed by atoms with Gasteiger partial charge in [0.25, 0.3) is 0 Å². The quantitative estimate of drug-likeness (QED) is 0.618. The largest absolute Gasteiger partial charge is 0.463 e. The van der Waals surface area contributed by atoms with Gasteiger partial charge in [-0.05, 0) is 46.2 Å². The zero-order valence-corrected chi connectivity index (χ0v) is 16.3. The van der Waals surface area contributed by atoms with Crippen LogP contribution in [0.15, 0.2) is 24.5 Å². The Bertz CT molecular complexity index is 690. The van der Waals surface area contributed by atoms with Crippen molar-refractivity contribution in [1.82, 2.24) is 4.98 Å². The number of ketones is 1. The number of hydrogen-bond donors (Lipinski definition) is 1. The summed E-state index contributed by atoms with van der Waals surface area (Å²) in [7, 11) is 0. The number of ether oxygens (including phenoxy) is 2. The van der Waals surface area contributed by atoms with Crippen LogP contribution < -0.4 is 0 Å². The minimum absolute atomic E-state index is 0.334. The molecule has 7 nitrogen and oxygen atoms in total. The SMILES string of the molecule is CC(C)OC(=O)[C@@H]1C(=O)C[C@](C)(O)[C@H](C(=O)OC(C)C)[C@H]1c1cccnc1. The van der Waals surface area contributed by atoms with Crippen LogP contribution in [0, 0.1) is 11.8 Å². The smallest absolute Gasteiger partial charge is 0.317 e. The minimum atomic E-state index is -1.65. The van der Waals surface area contributed by atoms with Gasteiger partial charge in [-0.1, -0.05) is 6.07 Å². The minimum Gasteiger partial charge on any atom is -0.463 e. The first-order valence-corrected chi connectivity index (χ1v) is 9.10. The molecule has 4 atom stereocenters. The summed E-state index contributed by atoms with van der Waals surface area (Å²) in [6, 6.07) is 3.33. The fourth-order valence-corrected chi connectivity index (χ4v) is 3.60. The molecule has 0 radical (unpaired) electrons. The van der Waals surface area contributed by atoms with E-state index >= 15 is 0 Å². The molecule has 0 saturated heterocycles. The van der Waals surface area contributed by atoms with E-state index < -0.39 is 53.3 Å². The molecule has 0 spiro atoms. The van der Waals surface area contributed by atoms with Crippen LogP contribution in [0.5, 0.6) is 0 Å². The number of carbonyl (C=O) groups is 3. The number of carbonyl (C=O) groups excluding carboxylic acids is 3. The first-order valence-electron chi connectivity index (χ1n) is 9.10. The second-order valence-electron chi connectivity index (χ2n) is 7.74. The zero-order chi connectivity index (χ0) is 20.4. The Morgan fingerprint density at radius 1 is 1.19 bits per heavy atom. The predicted octanol–water partition coefficient (Wildman–Crippen LogP) is 2.02. The van der Waals surface area contributed by atoms with E-state index in [1.807, 2.05) is 0 Å². The second-order valence-corrected chi connectivity index (χ2v) is 7.74. The van der Waals surface area contributed by atoms with E-state index in [9.17, 15) is 19.5 Å². The summed E-state index contributed by atoms with van der Waals surface area (Å²) in [5, 5.41) is 10.9. The highest BCUT2D eigenvalue weighted by Gasteiger charge is 2.57. The third-order valence-corrected chi connectivity index (χ3v) is 4.55. The highest BCUT2D eigenvalue weighted by Crippen LogP contribution is 2.46. The average Bonchev–Trinajstić information content (AvgIpc) is 2.52. The number of aromatic nitrogens is 1. The topological polar surface area (TPSA) is 103 Å². The Labute approximate surface area is 159 Å². The number of rotatable bonds is 5. The molecular weight excluding hydrogens is 350 g/mol. The van der Waals surface area contributed by atoms with E-state index in [2.05, 4.69) is 4.98 Å². The molecule has 0 unspecified atom stereocenters. The molecule has 1 N–H and O–H groups in total. The molecule has 1 fully saturated rings. The molecule has 148 valence electrons. The van der Waals surface area contributed by atoms with E-state index in [1.54, 1.807) is 46.0 Å². The maximum Gasteiger partial charge on any atom is 0.317 e. The Morgan fingerprint density at radius 3 is 2.30 bits per heavy atom. The standard InChI is InChI=1S/C20H27NO6/c1-11(2)26-18(23)16-14(22)9-20(5,25)17(19(24)27-12(3)4)15(16)13-7-6-8-21-10-13/h6-8,10-12,15-17,25H,9H2,1-5H3/t15-,16+,17-,20-/m0/s1. The fraction of sp³-hybridized carbons (Fsp3) is 0.600. The number of nitrogens with zero attached hydrogens (tertiary/aromatic N) is 1. The van der Waals surface area contributed by atoms with Gasteiger partial charge < -0.3 is 14.6 Å². The summed E-state index contributed by atoms with van der Waals surface area (Å²) in [5.74, 6) is -5.06. The van der Waals surface area contributed by atoms with Crippen molar-refractivity contribution >= 4 is 17.7 Å². The molecule has 0 bridgehead atoms. The summed E-state index contributed by atoms with van der Waals surface area (Å²) in [4.78, 5) is 42.4. The van der Waals surface area contributed by atoms with Gasteiger partial charge in [-0.15, -0.1) is 0 Å². The lowest BCUT2D eigenvalue weighted by atomic mass is 9.62. The van der Waals surface area contributed by atoms with Gasteiger partial charge in [-0.2, -0.15) is 0 Å². The Morgan fingerprint density at radius 2 is 1.78 bits per heavy atom. The number of esters is 2. The molecule has 0 amide bonds. The van der Waals surface area contributed by atoms with E-state index in [1.165, 1.54) is 13.1 Å². The van der Waals surface area contributed by atoms with Crippen LogP contribution in [0.1, 0.15) is 52.5 Å². The zero-order valence-electron chi connectivity index (χ0n) is 16.3. The first kappa shape index (κ1) is 21.0. The number of pyridine rings is 1. The average molecular weight is 377 g/mol. The Hall–Kier alpha value is -2.28. The summed E-state index contributed by atoms with van der Waals surface area (Å²) >= 11 is 0. The fourth-order valence-electron chi connectivity index (χ4n) is 3.60. The number of hydrogen-bond acceptors (Lipinski definition) is 7. The van der Waals surface area contributed by atoms with Crippen molar-refractivity contribution in [3.8, 4) is 0 Å². The molecule has 1 aliphatic carbocycles. The third-order valence-electron chi connectivity index (χ3n) is 4.55. The molecule has 1 saturated carbocycles.